The molecule has 2 heteroatoms. The monoisotopic (exact) mass is 130 g/mol. The Morgan fingerprint density at radius 3 is 2.38 bits per heavy atom. The van der Waals surface area contributed by atoms with E-state index in [9.17, 15) is 4.11 Å². The van der Waals surface area contributed by atoms with E-state index in [1.165, 1.54) is 0 Å². The second kappa shape index (κ2) is 1.69. The third-order valence-corrected chi connectivity index (χ3v) is 4.75. The minimum atomic E-state index is -2.38. The molecule has 0 nitrogen and oxygen atoms in total. The van der Waals surface area contributed by atoms with Gasteiger partial charge in [-0.2, -0.15) is 0 Å². The highest BCUT2D eigenvalue weighted by molar-refractivity contribution is 6.78. The van der Waals surface area contributed by atoms with E-state index in [1.54, 1.807) is 12.2 Å². The third kappa shape index (κ3) is 0.995. The van der Waals surface area contributed by atoms with Crippen molar-refractivity contribution in [2.75, 3.05) is 0 Å². The summed E-state index contributed by atoms with van der Waals surface area (Å²) in [6, 6.07) is 0. The van der Waals surface area contributed by atoms with Crippen molar-refractivity contribution in [3.05, 3.63) is 12.3 Å². The Bertz CT molecular complexity index is 105. The number of halogens is 1. The van der Waals surface area contributed by atoms with Crippen LogP contribution in [0.25, 0.3) is 0 Å². The Morgan fingerprint density at radius 2 is 2.25 bits per heavy atom. The smallest absolute Gasteiger partial charge is 0.270 e. The van der Waals surface area contributed by atoms with Crippen LogP contribution in [0.5, 0.6) is 0 Å². The van der Waals surface area contributed by atoms with Gasteiger partial charge in [0.05, 0.1) is 0 Å². The van der Waals surface area contributed by atoms with Gasteiger partial charge in [-0.15, -0.1) is 6.58 Å². The molecule has 46 valence electrons. The first-order valence-electron chi connectivity index (χ1n) is 2.99. The summed E-state index contributed by atoms with van der Waals surface area (Å²) in [5.74, 6) is 0. The van der Waals surface area contributed by atoms with Crippen molar-refractivity contribution < 1.29 is 4.11 Å². The van der Waals surface area contributed by atoms with Crippen molar-refractivity contribution in [2.24, 2.45) is 0 Å². The third-order valence-electron chi connectivity index (χ3n) is 1.77. The molecule has 0 aromatic rings. The summed E-state index contributed by atoms with van der Waals surface area (Å²) in [4.78, 5) is 0. The maximum absolute atomic E-state index is 13.0. The van der Waals surface area contributed by atoms with E-state index in [0.717, 1.165) is 12.8 Å². The number of rotatable bonds is 2. The molecule has 0 saturated heterocycles. The predicted octanol–water partition coefficient (Wildman–Crippen LogP) is 2.42. The standard InChI is InChI=1S/C6H11FSi/c1-3-8(2,7)6-4-5-6/h3,6H,1,4-5H2,2H3. The first-order chi connectivity index (χ1) is 3.67. The van der Waals surface area contributed by atoms with Crippen molar-refractivity contribution in [2.45, 2.75) is 24.9 Å². The lowest BCUT2D eigenvalue weighted by molar-refractivity contribution is 0.794. The van der Waals surface area contributed by atoms with Crippen LogP contribution in [0.15, 0.2) is 12.3 Å². The van der Waals surface area contributed by atoms with E-state index in [4.69, 9.17) is 0 Å². The van der Waals surface area contributed by atoms with E-state index in [2.05, 4.69) is 6.58 Å². The topological polar surface area (TPSA) is 0 Å². The van der Waals surface area contributed by atoms with Crippen LogP contribution in [-0.2, 0) is 0 Å². The van der Waals surface area contributed by atoms with Gasteiger partial charge in [-0.1, -0.05) is 18.5 Å². The van der Waals surface area contributed by atoms with Gasteiger partial charge in [-0.3, -0.25) is 0 Å². The summed E-state index contributed by atoms with van der Waals surface area (Å²) in [5, 5.41) is 0. The fourth-order valence-electron chi connectivity index (χ4n) is 0.814. The molecular formula is C6H11FSi. The van der Waals surface area contributed by atoms with Gasteiger partial charge < -0.3 is 4.11 Å². The van der Waals surface area contributed by atoms with Crippen LogP contribution >= 0.6 is 0 Å². The van der Waals surface area contributed by atoms with Crippen LogP contribution in [-0.4, -0.2) is 8.41 Å². The lowest BCUT2D eigenvalue weighted by Crippen LogP contribution is -2.20. The molecule has 0 heterocycles. The van der Waals surface area contributed by atoms with Crippen molar-refractivity contribution >= 4 is 8.41 Å². The van der Waals surface area contributed by atoms with Gasteiger partial charge in [0.25, 0.3) is 8.41 Å². The van der Waals surface area contributed by atoms with Crippen molar-refractivity contribution in [1.29, 1.82) is 0 Å². The van der Waals surface area contributed by atoms with Gasteiger partial charge in [0.1, 0.15) is 0 Å². The van der Waals surface area contributed by atoms with Crippen LogP contribution < -0.4 is 0 Å². The highest BCUT2D eigenvalue weighted by atomic mass is 28.4. The van der Waals surface area contributed by atoms with Crippen LogP contribution in [0.2, 0.25) is 12.1 Å². The highest BCUT2D eigenvalue weighted by Gasteiger charge is 2.42. The lowest BCUT2D eigenvalue weighted by atomic mass is 11.0. The molecule has 0 bridgehead atoms. The molecule has 0 spiro atoms. The summed E-state index contributed by atoms with van der Waals surface area (Å²) in [6.07, 6.45) is 2.20. The summed E-state index contributed by atoms with van der Waals surface area (Å²) in [7, 11) is -2.38. The Hall–Kier alpha value is -0.113. The molecule has 1 fully saturated rings. The fraction of sp³-hybridized carbons (Fsp3) is 0.667. The van der Waals surface area contributed by atoms with Crippen LogP contribution in [0.4, 0.5) is 4.11 Å². The zero-order valence-corrected chi connectivity index (χ0v) is 6.15. The zero-order valence-electron chi connectivity index (χ0n) is 5.15. The summed E-state index contributed by atoms with van der Waals surface area (Å²) >= 11 is 0. The molecule has 0 aromatic heterocycles. The van der Waals surface area contributed by atoms with Crippen molar-refractivity contribution in [1.82, 2.24) is 0 Å². The molecule has 8 heavy (non-hydrogen) atoms. The van der Waals surface area contributed by atoms with Crippen LogP contribution in [0.3, 0.4) is 0 Å². The Morgan fingerprint density at radius 1 is 1.75 bits per heavy atom. The predicted molar refractivity (Wildman–Crippen MR) is 35.9 cm³/mol. The molecule has 0 amide bonds. The highest BCUT2D eigenvalue weighted by Crippen LogP contribution is 2.45. The Balaban J connectivity index is 2.49. The fourth-order valence-corrected chi connectivity index (χ4v) is 2.44. The molecule has 1 saturated carbocycles. The number of hydrogen-bond donors (Lipinski definition) is 0. The molecule has 0 radical (unpaired) electrons. The quantitative estimate of drug-likeness (QED) is 0.398. The average molecular weight is 130 g/mol. The Labute approximate surface area is 50.6 Å². The first kappa shape index (κ1) is 6.01. The zero-order chi connectivity index (χ0) is 6.20. The second-order valence-corrected chi connectivity index (χ2v) is 6.16. The van der Waals surface area contributed by atoms with Gasteiger partial charge in [-0.25, -0.2) is 0 Å². The van der Waals surface area contributed by atoms with E-state index in [0.29, 0.717) is 5.54 Å². The molecule has 1 aliphatic rings. The molecule has 0 N–H and O–H groups in total. The van der Waals surface area contributed by atoms with Crippen molar-refractivity contribution in [3.63, 3.8) is 0 Å². The second-order valence-electron chi connectivity index (χ2n) is 2.63. The van der Waals surface area contributed by atoms with E-state index >= 15 is 0 Å². The molecule has 1 unspecified atom stereocenters. The van der Waals surface area contributed by atoms with Gasteiger partial charge in [0, 0.05) is 0 Å². The average Bonchev–Trinajstić information content (AvgIpc) is 2.44. The summed E-state index contributed by atoms with van der Waals surface area (Å²) in [6.45, 7) is 5.21. The first-order valence-corrected chi connectivity index (χ1v) is 5.52. The molecular weight excluding hydrogens is 119 g/mol. The molecule has 0 aliphatic heterocycles. The minimum absolute atomic E-state index is 0.417. The van der Waals surface area contributed by atoms with Crippen LogP contribution in [0.1, 0.15) is 12.8 Å². The van der Waals surface area contributed by atoms with Gasteiger partial charge >= 0.3 is 0 Å². The minimum Gasteiger partial charge on any atom is -0.308 e. The van der Waals surface area contributed by atoms with Gasteiger partial charge in [0.2, 0.25) is 0 Å². The maximum Gasteiger partial charge on any atom is 0.270 e. The number of hydrogen-bond acceptors (Lipinski definition) is 0. The lowest BCUT2D eigenvalue weighted by Gasteiger charge is -2.07. The van der Waals surface area contributed by atoms with Crippen LogP contribution in [0, 0.1) is 0 Å². The van der Waals surface area contributed by atoms with Gasteiger partial charge in [-0.05, 0) is 12.1 Å². The van der Waals surface area contributed by atoms with Gasteiger partial charge in [0.15, 0.2) is 0 Å². The maximum atomic E-state index is 13.0. The molecule has 1 aliphatic carbocycles. The summed E-state index contributed by atoms with van der Waals surface area (Å²) in [5.41, 5.74) is 1.96. The largest absolute Gasteiger partial charge is 0.308 e. The molecule has 0 aromatic carbocycles. The Kier molecular flexibility index (Phi) is 1.27. The SMILES string of the molecule is C=C[Si](C)(F)C1CC1. The normalized spacial score (nSPS) is 26.8. The molecule has 1 atom stereocenters. The summed E-state index contributed by atoms with van der Waals surface area (Å²) < 4.78 is 13.0. The van der Waals surface area contributed by atoms with E-state index < -0.39 is 8.41 Å². The molecule has 1 rings (SSSR count). The van der Waals surface area contributed by atoms with E-state index in [-0.39, 0.29) is 0 Å². The van der Waals surface area contributed by atoms with E-state index in [1.807, 2.05) is 0 Å². The van der Waals surface area contributed by atoms with Crippen molar-refractivity contribution in [3.8, 4) is 0 Å².